The highest BCUT2D eigenvalue weighted by atomic mass is 16.5. The van der Waals surface area contributed by atoms with Gasteiger partial charge in [0.2, 0.25) is 5.91 Å². The number of carbonyl (C=O) groups excluding carboxylic acids is 1. The fourth-order valence-corrected chi connectivity index (χ4v) is 4.87. The number of amides is 1. The van der Waals surface area contributed by atoms with Gasteiger partial charge in [-0.3, -0.25) is 4.79 Å². The maximum Gasteiger partial charge on any atom is 0.220 e. The van der Waals surface area contributed by atoms with E-state index in [4.69, 9.17) is 9.47 Å². The van der Waals surface area contributed by atoms with Crippen molar-refractivity contribution >= 4 is 16.8 Å². The van der Waals surface area contributed by atoms with E-state index in [9.17, 15) is 4.79 Å². The van der Waals surface area contributed by atoms with Crippen molar-refractivity contribution in [3.8, 4) is 11.5 Å². The topological polar surface area (TPSA) is 55.7 Å². The molecular formula is C27H35N3O3. The van der Waals surface area contributed by atoms with E-state index < -0.39 is 0 Å². The van der Waals surface area contributed by atoms with Crippen molar-refractivity contribution in [1.82, 2.24) is 14.8 Å². The van der Waals surface area contributed by atoms with Crippen molar-refractivity contribution in [2.45, 2.75) is 38.6 Å². The summed E-state index contributed by atoms with van der Waals surface area (Å²) in [5.74, 6) is 1.40. The number of hydrogen-bond donors (Lipinski definition) is 1. The summed E-state index contributed by atoms with van der Waals surface area (Å²) in [5.41, 5.74) is 3.35. The highest BCUT2D eigenvalue weighted by Gasteiger charge is 2.24. The van der Waals surface area contributed by atoms with Gasteiger partial charge in [0.25, 0.3) is 0 Å². The smallest absolute Gasteiger partial charge is 0.220 e. The lowest BCUT2D eigenvalue weighted by Crippen LogP contribution is -2.34. The van der Waals surface area contributed by atoms with Crippen LogP contribution in [0.2, 0.25) is 0 Å². The molecule has 1 atom stereocenters. The number of hydrogen-bond acceptors (Lipinski definition) is 4. The molecular weight excluding hydrogens is 414 g/mol. The third-order valence-electron chi connectivity index (χ3n) is 6.65. The van der Waals surface area contributed by atoms with E-state index in [2.05, 4.69) is 52.2 Å². The molecule has 4 rings (SSSR count). The predicted octanol–water partition coefficient (Wildman–Crippen LogP) is 4.41. The van der Waals surface area contributed by atoms with Gasteiger partial charge >= 0.3 is 0 Å². The van der Waals surface area contributed by atoms with Gasteiger partial charge in [-0.05, 0) is 62.2 Å². The van der Waals surface area contributed by atoms with Gasteiger partial charge in [0.1, 0.15) is 11.5 Å². The minimum atomic E-state index is -0.113. The lowest BCUT2D eigenvalue weighted by molar-refractivity contribution is -0.121. The fraction of sp³-hybridized carbons (Fsp3) is 0.444. The van der Waals surface area contributed by atoms with Crippen molar-refractivity contribution < 1.29 is 14.3 Å². The van der Waals surface area contributed by atoms with E-state index in [0.29, 0.717) is 13.0 Å². The average Bonchev–Trinajstić information content (AvgIpc) is 3.50. The number of aromatic nitrogens is 1. The molecule has 1 amide bonds. The number of nitrogens with zero attached hydrogens (tertiary/aromatic N) is 2. The lowest BCUT2D eigenvalue weighted by Gasteiger charge is -2.20. The molecule has 1 unspecified atom stereocenters. The molecule has 33 heavy (non-hydrogen) atoms. The van der Waals surface area contributed by atoms with Gasteiger partial charge in [0.05, 0.1) is 14.2 Å². The molecule has 176 valence electrons. The van der Waals surface area contributed by atoms with E-state index in [-0.39, 0.29) is 11.8 Å². The number of methoxy groups -OCH3 is 2. The van der Waals surface area contributed by atoms with Gasteiger partial charge in [-0.1, -0.05) is 18.2 Å². The lowest BCUT2D eigenvalue weighted by atomic mass is 9.87. The summed E-state index contributed by atoms with van der Waals surface area (Å²) in [4.78, 5) is 15.5. The summed E-state index contributed by atoms with van der Waals surface area (Å²) in [6, 6.07) is 14.3. The van der Waals surface area contributed by atoms with Crippen LogP contribution >= 0.6 is 0 Å². The molecule has 1 aliphatic rings. The Bertz CT molecular complexity index is 1060. The fourth-order valence-electron chi connectivity index (χ4n) is 4.87. The van der Waals surface area contributed by atoms with Crippen LogP contribution in [0.15, 0.2) is 48.7 Å². The molecule has 1 N–H and O–H groups in total. The third kappa shape index (κ3) is 5.33. The Morgan fingerprint density at radius 3 is 2.42 bits per heavy atom. The molecule has 1 aliphatic heterocycles. The van der Waals surface area contributed by atoms with E-state index in [1.807, 2.05) is 18.2 Å². The van der Waals surface area contributed by atoms with E-state index in [0.717, 1.165) is 48.8 Å². The van der Waals surface area contributed by atoms with Crippen molar-refractivity contribution in [1.29, 1.82) is 0 Å². The monoisotopic (exact) mass is 449 g/mol. The van der Waals surface area contributed by atoms with E-state index in [1.54, 1.807) is 14.2 Å². The van der Waals surface area contributed by atoms with Crippen LogP contribution in [-0.2, 0) is 11.3 Å². The highest BCUT2D eigenvalue weighted by molar-refractivity contribution is 5.86. The summed E-state index contributed by atoms with van der Waals surface area (Å²) < 4.78 is 13.3. The van der Waals surface area contributed by atoms with Crippen molar-refractivity contribution in [3.63, 3.8) is 0 Å². The zero-order valence-corrected chi connectivity index (χ0v) is 20.0. The molecule has 2 heterocycles. The second kappa shape index (κ2) is 10.8. The second-order valence-corrected chi connectivity index (χ2v) is 8.69. The average molecular weight is 450 g/mol. The largest absolute Gasteiger partial charge is 0.497 e. The Hall–Kier alpha value is -2.99. The number of para-hydroxylation sites is 1. The zero-order chi connectivity index (χ0) is 23.2. The summed E-state index contributed by atoms with van der Waals surface area (Å²) in [7, 11) is 3.31. The number of aryl methyl sites for hydroxylation is 1. The summed E-state index contributed by atoms with van der Waals surface area (Å²) >= 11 is 0. The molecule has 6 heteroatoms. The first-order chi connectivity index (χ1) is 16.1. The van der Waals surface area contributed by atoms with Gasteiger partial charge < -0.3 is 24.3 Å². The van der Waals surface area contributed by atoms with Gasteiger partial charge in [0.15, 0.2) is 0 Å². The summed E-state index contributed by atoms with van der Waals surface area (Å²) in [6.45, 7) is 6.89. The molecule has 0 spiro atoms. The first-order valence-electron chi connectivity index (χ1n) is 11.9. The van der Waals surface area contributed by atoms with Crippen LogP contribution in [0.1, 0.15) is 43.2 Å². The number of ether oxygens (including phenoxy) is 2. The molecule has 0 radical (unpaired) electrons. The first-order valence-corrected chi connectivity index (χ1v) is 11.9. The summed E-state index contributed by atoms with van der Waals surface area (Å²) in [6.07, 6.45) is 5.08. The molecule has 1 saturated heterocycles. The standard InChI is InChI=1S/C27H35N3O3/c1-4-30-19-25(23-9-5-6-10-26(23)30)24(20-15-21(32-2)17-22(16-20)33-3)18-27(31)28-11-14-29-12-7-8-13-29/h5-6,9-10,15-17,19,24H,4,7-8,11-14,18H2,1-3H3,(H,28,31). The van der Waals surface area contributed by atoms with Crippen LogP contribution in [0, 0.1) is 0 Å². The maximum absolute atomic E-state index is 13.1. The van der Waals surface area contributed by atoms with Crippen molar-refractivity contribution in [3.05, 3.63) is 59.8 Å². The second-order valence-electron chi connectivity index (χ2n) is 8.69. The van der Waals surface area contributed by atoms with Crippen LogP contribution in [0.4, 0.5) is 0 Å². The molecule has 0 saturated carbocycles. The van der Waals surface area contributed by atoms with E-state index in [1.165, 1.54) is 23.7 Å². The summed E-state index contributed by atoms with van der Waals surface area (Å²) in [5, 5.41) is 4.33. The molecule has 1 fully saturated rings. The first kappa shape index (κ1) is 23.2. The Morgan fingerprint density at radius 1 is 1.06 bits per heavy atom. The van der Waals surface area contributed by atoms with Crippen LogP contribution in [0.3, 0.4) is 0 Å². The SMILES string of the molecule is CCn1cc(C(CC(=O)NCCN2CCCC2)c2cc(OC)cc(OC)c2)c2ccccc21. The quantitative estimate of drug-likeness (QED) is 0.498. The zero-order valence-electron chi connectivity index (χ0n) is 20.0. The molecule has 0 bridgehead atoms. The number of carbonyl (C=O) groups is 1. The number of rotatable bonds is 10. The minimum Gasteiger partial charge on any atom is -0.497 e. The Kier molecular flexibility index (Phi) is 7.55. The number of nitrogens with one attached hydrogen (secondary N) is 1. The normalized spacial score (nSPS) is 15.0. The Morgan fingerprint density at radius 2 is 1.76 bits per heavy atom. The molecule has 1 aromatic heterocycles. The Balaban J connectivity index is 1.65. The molecule has 6 nitrogen and oxygen atoms in total. The third-order valence-corrected chi connectivity index (χ3v) is 6.65. The minimum absolute atomic E-state index is 0.0642. The Labute approximate surface area is 196 Å². The van der Waals surface area contributed by atoms with Gasteiger partial charge in [-0.2, -0.15) is 0 Å². The van der Waals surface area contributed by atoms with Crippen LogP contribution < -0.4 is 14.8 Å². The number of likely N-dealkylation sites (tertiary alicyclic amines) is 1. The van der Waals surface area contributed by atoms with Gasteiger partial charge in [0, 0.05) is 55.1 Å². The molecule has 3 aromatic rings. The van der Waals surface area contributed by atoms with Crippen LogP contribution in [0.25, 0.3) is 10.9 Å². The highest BCUT2D eigenvalue weighted by Crippen LogP contribution is 2.37. The van der Waals surface area contributed by atoms with Crippen LogP contribution in [-0.4, -0.2) is 55.8 Å². The maximum atomic E-state index is 13.1. The number of benzene rings is 2. The molecule has 2 aromatic carbocycles. The van der Waals surface area contributed by atoms with Gasteiger partial charge in [-0.15, -0.1) is 0 Å². The van der Waals surface area contributed by atoms with Crippen molar-refractivity contribution in [2.24, 2.45) is 0 Å². The predicted molar refractivity (Wildman–Crippen MR) is 132 cm³/mol. The number of fused-ring (bicyclic) bond motifs is 1. The van der Waals surface area contributed by atoms with E-state index >= 15 is 0 Å². The molecule has 0 aliphatic carbocycles. The van der Waals surface area contributed by atoms with Crippen LogP contribution in [0.5, 0.6) is 11.5 Å². The van der Waals surface area contributed by atoms with Gasteiger partial charge in [-0.25, -0.2) is 0 Å². The van der Waals surface area contributed by atoms with Crippen molar-refractivity contribution in [2.75, 3.05) is 40.4 Å².